The Morgan fingerprint density at radius 1 is 0.312 bits per heavy atom. The van der Waals surface area contributed by atoms with Crippen molar-refractivity contribution in [1.29, 1.82) is 0 Å². The summed E-state index contributed by atoms with van der Waals surface area (Å²) in [4.78, 5) is 38.0. The molecule has 0 aromatic rings. The molecule has 0 aliphatic carbocycles. The molecular weight excluding hydrogens is 793 g/mol. The number of ether oxygens (including phenoxy) is 3. The van der Waals surface area contributed by atoms with Crippen molar-refractivity contribution >= 4 is 17.9 Å². The normalized spacial score (nSPS) is 13.0. The van der Waals surface area contributed by atoms with Crippen LogP contribution in [-0.2, 0) is 28.6 Å². The van der Waals surface area contributed by atoms with E-state index >= 15 is 0 Å². The van der Waals surface area contributed by atoms with Gasteiger partial charge in [0.05, 0.1) is 0 Å². The van der Waals surface area contributed by atoms with Crippen molar-refractivity contribution in [1.82, 2.24) is 0 Å². The first-order valence-electron chi connectivity index (χ1n) is 26.0. The van der Waals surface area contributed by atoms with Gasteiger partial charge in [0.1, 0.15) is 13.2 Å². The van der Waals surface area contributed by atoms with Gasteiger partial charge in [-0.25, -0.2) is 0 Å². The lowest BCUT2D eigenvalue weighted by atomic mass is 10.1. The van der Waals surface area contributed by atoms with Crippen molar-refractivity contribution in [3.63, 3.8) is 0 Å². The van der Waals surface area contributed by atoms with Crippen LogP contribution in [0.5, 0.6) is 0 Å². The summed E-state index contributed by atoms with van der Waals surface area (Å²) in [5.74, 6) is -0.969. The molecule has 0 radical (unpaired) electrons. The van der Waals surface area contributed by atoms with Crippen molar-refractivity contribution in [3.8, 4) is 0 Å². The van der Waals surface area contributed by atoms with Gasteiger partial charge < -0.3 is 14.2 Å². The Morgan fingerprint density at radius 3 is 0.906 bits per heavy atom. The van der Waals surface area contributed by atoms with E-state index in [1.807, 2.05) is 0 Å². The van der Waals surface area contributed by atoms with Crippen molar-refractivity contribution in [3.05, 3.63) is 109 Å². The van der Waals surface area contributed by atoms with Gasteiger partial charge in [-0.3, -0.25) is 14.4 Å². The molecular formula is C58H94O6. The lowest BCUT2D eigenvalue weighted by Crippen LogP contribution is -2.30. The van der Waals surface area contributed by atoms with E-state index in [0.717, 1.165) is 135 Å². The van der Waals surface area contributed by atoms with Gasteiger partial charge in [0, 0.05) is 19.3 Å². The smallest absolute Gasteiger partial charge is 0.306 e. The maximum atomic E-state index is 12.8. The van der Waals surface area contributed by atoms with E-state index in [9.17, 15) is 14.4 Å². The van der Waals surface area contributed by atoms with Gasteiger partial charge in [-0.2, -0.15) is 0 Å². The lowest BCUT2D eigenvalue weighted by Gasteiger charge is -2.18. The first-order chi connectivity index (χ1) is 31.5. The molecule has 0 saturated carbocycles. The summed E-state index contributed by atoms with van der Waals surface area (Å²) in [5, 5.41) is 0. The third-order valence-corrected chi connectivity index (χ3v) is 10.7. The minimum absolute atomic E-state index is 0.106. The molecule has 0 heterocycles. The average molecular weight is 887 g/mol. The SMILES string of the molecule is CCCC/C=C/C=C/C=C\CCCCCCCC(=O)OCC(COC(=O)CCCCCCC/C=C/C=C/C=C/CCCC)OC(=O)CCCCCCC\C=C/C=C/C=C/CCCCC. The molecule has 0 fully saturated rings. The minimum atomic E-state index is -0.808. The zero-order chi connectivity index (χ0) is 46.5. The Bertz CT molecular complexity index is 1270. The van der Waals surface area contributed by atoms with Crippen LogP contribution in [0.2, 0.25) is 0 Å². The number of esters is 3. The third kappa shape index (κ3) is 49.1. The van der Waals surface area contributed by atoms with Gasteiger partial charge in [0.25, 0.3) is 0 Å². The maximum absolute atomic E-state index is 12.8. The standard InChI is InChI=1S/C58H94O6/c1-4-7-10-13-16-19-22-25-28-31-34-37-40-43-46-49-52-58(61)64-55(53-62-56(59)50-47-44-41-38-35-32-29-26-23-20-17-14-11-8-5-2)54-63-57(60)51-48-45-42-39-36-33-30-27-24-21-18-15-12-9-6-3/h14-31,55H,4-13,32-54H2,1-3H3/b17-14+,18-15+,19-16+,23-20+,24-21+,25-22+,29-26-,30-27+,31-28-. The Morgan fingerprint density at radius 2 is 0.578 bits per heavy atom. The molecule has 0 bridgehead atoms. The van der Waals surface area contributed by atoms with Crippen LogP contribution >= 0.6 is 0 Å². The first kappa shape index (κ1) is 60.1. The van der Waals surface area contributed by atoms with Gasteiger partial charge in [-0.15, -0.1) is 0 Å². The molecule has 64 heavy (non-hydrogen) atoms. The summed E-state index contributed by atoms with van der Waals surface area (Å²) in [6, 6.07) is 0. The van der Waals surface area contributed by atoms with Crippen LogP contribution in [0.25, 0.3) is 0 Å². The van der Waals surface area contributed by atoms with E-state index in [1.54, 1.807) is 0 Å². The lowest BCUT2D eigenvalue weighted by molar-refractivity contribution is -0.167. The van der Waals surface area contributed by atoms with Crippen LogP contribution in [-0.4, -0.2) is 37.2 Å². The van der Waals surface area contributed by atoms with Crippen molar-refractivity contribution in [2.24, 2.45) is 0 Å². The molecule has 0 saturated heterocycles. The van der Waals surface area contributed by atoms with Crippen LogP contribution in [0, 0.1) is 0 Å². The number of unbranched alkanes of at least 4 members (excludes halogenated alkanes) is 22. The second kappa shape index (κ2) is 51.7. The largest absolute Gasteiger partial charge is 0.462 e. The monoisotopic (exact) mass is 887 g/mol. The maximum Gasteiger partial charge on any atom is 0.306 e. The highest BCUT2D eigenvalue weighted by molar-refractivity contribution is 5.71. The van der Waals surface area contributed by atoms with Gasteiger partial charge in [-0.05, 0) is 83.5 Å². The number of hydrogen-bond acceptors (Lipinski definition) is 6. The predicted octanol–water partition coefficient (Wildman–Crippen LogP) is 17.1. The number of rotatable bonds is 45. The molecule has 0 rings (SSSR count). The van der Waals surface area contributed by atoms with E-state index in [4.69, 9.17) is 14.2 Å². The fourth-order valence-corrected chi connectivity index (χ4v) is 6.65. The van der Waals surface area contributed by atoms with Gasteiger partial charge in [0.15, 0.2) is 6.10 Å². The molecule has 0 N–H and O–H groups in total. The molecule has 0 aromatic heterocycles. The number of carbonyl (C=O) groups excluding carboxylic acids is 3. The number of allylic oxidation sites excluding steroid dienone is 18. The highest BCUT2D eigenvalue weighted by Crippen LogP contribution is 2.13. The van der Waals surface area contributed by atoms with Gasteiger partial charge >= 0.3 is 17.9 Å². The van der Waals surface area contributed by atoms with E-state index in [1.165, 1.54) is 44.9 Å². The number of carbonyl (C=O) groups is 3. The highest BCUT2D eigenvalue weighted by atomic mass is 16.6. The number of hydrogen-bond donors (Lipinski definition) is 0. The van der Waals surface area contributed by atoms with Crippen molar-refractivity contribution in [2.45, 2.75) is 226 Å². The quantitative estimate of drug-likeness (QED) is 0.0262. The van der Waals surface area contributed by atoms with E-state index in [2.05, 4.69) is 130 Å². The highest BCUT2D eigenvalue weighted by Gasteiger charge is 2.19. The van der Waals surface area contributed by atoms with Crippen LogP contribution < -0.4 is 0 Å². The average Bonchev–Trinajstić information content (AvgIpc) is 3.29. The molecule has 0 aliphatic rings. The second-order valence-corrected chi connectivity index (χ2v) is 16.9. The first-order valence-corrected chi connectivity index (χ1v) is 26.0. The molecule has 0 aromatic carbocycles. The molecule has 6 nitrogen and oxygen atoms in total. The zero-order valence-electron chi connectivity index (χ0n) is 41.3. The predicted molar refractivity (Wildman–Crippen MR) is 274 cm³/mol. The summed E-state index contributed by atoms with van der Waals surface area (Å²) >= 11 is 0. The summed E-state index contributed by atoms with van der Waals surface area (Å²) in [6.45, 7) is 6.43. The second-order valence-electron chi connectivity index (χ2n) is 16.9. The van der Waals surface area contributed by atoms with Crippen molar-refractivity contribution in [2.75, 3.05) is 13.2 Å². The van der Waals surface area contributed by atoms with Gasteiger partial charge in [0.2, 0.25) is 0 Å². The van der Waals surface area contributed by atoms with E-state index in [0.29, 0.717) is 19.3 Å². The minimum Gasteiger partial charge on any atom is -0.462 e. The summed E-state index contributed by atoms with van der Waals surface area (Å²) in [5.41, 5.74) is 0. The summed E-state index contributed by atoms with van der Waals surface area (Å²) < 4.78 is 16.8. The van der Waals surface area contributed by atoms with Crippen LogP contribution in [0.3, 0.4) is 0 Å². The molecule has 0 spiro atoms. The Labute approximate surface area is 393 Å². The molecule has 0 amide bonds. The fourth-order valence-electron chi connectivity index (χ4n) is 6.65. The molecule has 1 unspecified atom stereocenters. The van der Waals surface area contributed by atoms with Crippen LogP contribution in [0.15, 0.2) is 109 Å². The Balaban J connectivity index is 4.53. The van der Waals surface area contributed by atoms with Crippen LogP contribution in [0.4, 0.5) is 0 Å². The van der Waals surface area contributed by atoms with E-state index in [-0.39, 0.29) is 31.1 Å². The topological polar surface area (TPSA) is 78.9 Å². The van der Waals surface area contributed by atoms with Gasteiger partial charge in [-0.1, -0.05) is 226 Å². The zero-order valence-corrected chi connectivity index (χ0v) is 41.3. The third-order valence-electron chi connectivity index (χ3n) is 10.7. The molecule has 362 valence electrons. The molecule has 6 heteroatoms. The Hall–Kier alpha value is -3.93. The Kier molecular flexibility index (Phi) is 48.5. The fraction of sp³-hybridized carbons (Fsp3) is 0.638. The molecule has 1 atom stereocenters. The van der Waals surface area contributed by atoms with Crippen molar-refractivity contribution < 1.29 is 28.6 Å². The summed E-state index contributed by atoms with van der Waals surface area (Å²) in [7, 11) is 0. The summed E-state index contributed by atoms with van der Waals surface area (Å²) in [6.07, 6.45) is 69.1. The van der Waals surface area contributed by atoms with Crippen LogP contribution in [0.1, 0.15) is 220 Å². The molecule has 0 aliphatic heterocycles. The van der Waals surface area contributed by atoms with E-state index < -0.39 is 6.10 Å².